The van der Waals surface area contributed by atoms with Crippen molar-refractivity contribution in [3.8, 4) is 0 Å². The van der Waals surface area contributed by atoms with Crippen LogP contribution in [-0.2, 0) is 16.1 Å². The van der Waals surface area contributed by atoms with E-state index in [1.807, 2.05) is 65.1 Å². The van der Waals surface area contributed by atoms with E-state index in [4.69, 9.17) is 0 Å². The van der Waals surface area contributed by atoms with Gasteiger partial charge < -0.3 is 14.8 Å². The SMILES string of the molecule is Cc1ccccc1NC(=O)CSc1cn(CC(=O)N2CCCCC2)c2ccccc12. The van der Waals surface area contributed by atoms with Gasteiger partial charge in [0.1, 0.15) is 6.54 Å². The first-order valence-corrected chi connectivity index (χ1v) is 11.4. The number of benzene rings is 2. The second-order valence-corrected chi connectivity index (χ2v) is 8.75. The zero-order chi connectivity index (χ0) is 20.9. The van der Waals surface area contributed by atoms with E-state index in [2.05, 4.69) is 11.4 Å². The molecule has 4 rings (SSSR count). The second-order valence-electron chi connectivity index (χ2n) is 7.73. The number of carbonyl (C=O) groups excluding carboxylic acids is 2. The fourth-order valence-electron chi connectivity index (χ4n) is 3.89. The van der Waals surface area contributed by atoms with Crippen molar-refractivity contribution in [1.29, 1.82) is 0 Å². The number of thioether (sulfide) groups is 1. The lowest BCUT2D eigenvalue weighted by atomic mass is 10.1. The van der Waals surface area contributed by atoms with Crippen molar-refractivity contribution in [2.24, 2.45) is 0 Å². The number of nitrogens with one attached hydrogen (secondary N) is 1. The van der Waals surface area contributed by atoms with Gasteiger partial charge >= 0.3 is 0 Å². The maximum absolute atomic E-state index is 12.8. The number of aryl methyl sites for hydroxylation is 1. The van der Waals surface area contributed by atoms with E-state index < -0.39 is 0 Å². The third kappa shape index (κ3) is 4.70. The molecule has 0 spiro atoms. The molecule has 5 nitrogen and oxygen atoms in total. The van der Waals surface area contributed by atoms with Crippen LogP contribution < -0.4 is 5.32 Å². The molecule has 0 saturated carbocycles. The molecule has 2 aromatic carbocycles. The Morgan fingerprint density at radius 2 is 1.73 bits per heavy atom. The summed E-state index contributed by atoms with van der Waals surface area (Å²) >= 11 is 1.51. The summed E-state index contributed by atoms with van der Waals surface area (Å²) in [6.45, 7) is 4.05. The van der Waals surface area contributed by atoms with E-state index in [9.17, 15) is 9.59 Å². The molecule has 0 aliphatic carbocycles. The van der Waals surface area contributed by atoms with Crippen LogP contribution >= 0.6 is 11.8 Å². The highest BCUT2D eigenvalue weighted by Gasteiger charge is 2.19. The number of nitrogens with zero attached hydrogens (tertiary/aromatic N) is 2. The van der Waals surface area contributed by atoms with Crippen molar-refractivity contribution in [3.63, 3.8) is 0 Å². The monoisotopic (exact) mass is 421 g/mol. The molecule has 0 bridgehead atoms. The van der Waals surface area contributed by atoms with E-state index in [1.54, 1.807) is 0 Å². The predicted molar refractivity (Wildman–Crippen MR) is 123 cm³/mol. The van der Waals surface area contributed by atoms with E-state index in [0.717, 1.165) is 53.0 Å². The van der Waals surface area contributed by atoms with E-state index in [0.29, 0.717) is 12.3 Å². The summed E-state index contributed by atoms with van der Waals surface area (Å²) in [5.74, 6) is 0.461. The Kier molecular flexibility index (Phi) is 6.43. The van der Waals surface area contributed by atoms with Gasteiger partial charge in [-0.1, -0.05) is 36.4 Å². The minimum Gasteiger partial charge on any atom is -0.341 e. The fourth-order valence-corrected chi connectivity index (χ4v) is 4.78. The van der Waals surface area contributed by atoms with Crippen LogP contribution in [0.15, 0.2) is 59.6 Å². The summed E-state index contributed by atoms with van der Waals surface area (Å²) in [4.78, 5) is 28.2. The number of likely N-dealkylation sites (tertiary alicyclic amines) is 1. The molecule has 1 aliphatic rings. The first-order chi connectivity index (χ1) is 14.6. The van der Waals surface area contributed by atoms with Crippen molar-refractivity contribution in [2.75, 3.05) is 24.2 Å². The molecule has 0 atom stereocenters. The predicted octanol–water partition coefficient (Wildman–Crippen LogP) is 4.69. The van der Waals surface area contributed by atoms with Gasteiger partial charge in [0.25, 0.3) is 0 Å². The average Bonchev–Trinajstić information content (AvgIpc) is 3.12. The lowest BCUT2D eigenvalue weighted by molar-refractivity contribution is -0.132. The van der Waals surface area contributed by atoms with Crippen LogP contribution in [0.2, 0.25) is 0 Å². The highest BCUT2D eigenvalue weighted by Crippen LogP contribution is 2.30. The molecule has 156 valence electrons. The van der Waals surface area contributed by atoms with Crippen LogP contribution in [0.3, 0.4) is 0 Å². The molecular weight excluding hydrogens is 394 g/mol. The van der Waals surface area contributed by atoms with Gasteiger partial charge in [-0.3, -0.25) is 9.59 Å². The van der Waals surface area contributed by atoms with Crippen LogP contribution in [0, 0.1) is 6.92 Å². The third-order valence-corrected chi connectivity index (χ3v) is 6.59. The van der Waals surface area contributed by atoms with Crippen LogP contribution in [0.1, 0.15) is 24.8 Å². The number of rotatable bonds is 6. The molecule has 1 saturated heterocycles. The number of piperidine rings is 1. The summed E-state index contributed by atoms with van der Waals surface area (Å²) < 4.78 is 2.02. The molecule has 3 aromatic rings. The first kappa shape index (κ1) is 20.5. The molecule has 1 aromatic heterocycles. The van der Waals surface area contributed by atoms with Crippen molar-refractivity contribution in [3.05, 3.63) is 60.3 Å². The number of hydrogen-bond donors (Lipinski definition) is 1. The van der Waals surface area contributed by atoms with Crippen molar-refractivity contribution < 1.29 is 9.59 Å². The molecule has 2 heterocycles. The van der Waals surface area contributed by atoms with Gasteiger partial charge in [0.05, 0.1) is 5.75 Å². The quantitative estimate of drug-likeness (QED) is 0.588. The van der Waals surface area contributed by atoms with E-state index in [1.165, 1.54) is 18.2 Å². The Hall–Kier alpha value is -2.73. The van der Waals surface area contributed by atoms with Gasteiger partial charge in [0, 0.05) is 40.8 Å². The normalized spacial score (nSPS) is 14.1. The topological polar surface area (TPSA) is 54.3 Å². The molecule has 1 N–H and O–H groups in total. The molecule has 1 fully saturated rings. The zero-order valence-corrected chi connectivity index (χ0v) is 18.1. The molecular formula is C24H27N3O2S. The van der Waals surface area contributed by atoms with Gasteiger partial charge in [-0.15, -0.1) is 11.8 Å². The summed E-state index contributed by atoms with van der Waals surface area (Å²) in [5.41, 5.74) is 2.92. The summed E-state index contributed by atoms with van der Waals surface area (Å²) in [5, 5.41) is 4.06. The van der Waals surface area contributed by atoms with E-state index >= 15 is 0 Å². The van der Waals surface area contributed by atoms with Crippen molar-refractivity contribution in [2.45, 2.75) is 37.6 Å². The summed E-state index contributed by atoms with van der Waals surface area (Å²) in [6, 6.07) is 15.9. The van der Waals surface area contributed by atoms with Crippen molar-refractivity contribution >= 4 is 40.2 Å². The Morgan fingerprint density at radius 3 is 2.53 bits per heavy atom. The smallest absolute Gasteiger partial charge is 0.242 e. The summed E-state index contributed by atoms with van der Waals surface area (Å²) in [6.07, 6.45) is 5.41. The molecule has 2 amide bonds. The fraction of sp³-hybridized carbons (Fsp3) is 0.333. The van der Waals surface area contributed by atoms with Crippen molar-refractivity contribution in [1.82, 2.24) is 9.47 Å². The Balaban J connectivity index is 1.46. The van der Waals surface area contributed by atoms with Gasteiger partial charge in [-0.2, -0.15) is 0 Å². The van der Waals surface area contributed by atoms with Gasteiger partial charge in [0.15, 0.2) is 0 Å². The summed E-state index contributed by atoms with van der Waals surface area (Å²) in [7, 11) is 0. The molecule has 30 heavy (non-hydrogen) atoms. The maximum Gasteiger partial charge on any atom is 0.242 e. The highest BCUT2D eigenvalue weighted by molar-refractivity contribution is 8.00. The zero-order valence-electron chi connectivity index (χ0n) is 17.3. The number of para-hydroxylation sites is 2. The van der Waals surface area contributed by atoms with E-state index in [-0.39, 0.29) is 11.8 Å². The minimum atomic E-state index is -0.0319. The van der Waals surface area contributed by atoms with Crippen LogP contribution in [0.4, 0.5) is 5.69 Å². The number of anilines is 1. The number of carbonyl (C=O) groups is 2. The lowest BCUT2D eigenvalue weighted by Gasteiger charge is -2.27. The third-order valence-electron chi connectivity index (χ3n) is 5.54. The largest absolute Gasteiger partial charge is 0.341 e. The Morgan fingerprint density at radius 1 is 1.00 bits per heavy atom. The van der Waals surface area contributed by atoms with Crippen LogP contribution in [-0.4, -0.2) is 40.1 Å². The average molecular weight is 422 g/mol. The molecule has 1 aliphatic heterocycles. The van der Waals surface area contributed by atoms with Crippen LogP contribution in [0.5, 0.6) is 0 Å². The number of fused-ring (bicyclic) bond motifs is 1. The first-order valence-electron chi connectivity index (χ1n) is 10.5. The maximum atomic E-state index is 12.8. The minimum absolute atomic E-state index is 0.0319. The van der Waals surface area contributed by atoms with Gasteiger partial charge in [-0.05, 0) is 43.9 Å². The Bertz CT molecular complexity index is 1050. The number of hydrogen-bond acceptors (Lipinski definition) is 3. The lowest BCUT2D eigenvalue weighted by Crippen LogP contribution is -2.37. The highest BCUT2D eigenvalue weighted by atomic mass is 32.2. The number of amides is 2. The molecule has 6 heteroatoms. The van der Waals surface area contributed by atoms with Gasteiger partial charge in [-0.25, -0.2) is 0 Å². The van der Waals surface area contributed by atoms with Gasteiger partial charge in [0.2, 0.25) is 11.8 Å². The number of aromatic nitrogens is 1. The molecule has 0 radical (unpaired) electrons. The molecule has 0 unspecified atom stereocenters. The van der Waals surface area contributed by atoms with Crippen LogP contribution in [0.25, 0.3) is 10.9 Å². The Labute approximate surface area is 181 Å². The second kappa shape index (κ2) is 9.39. The standard InChI is InChI=1S/C24H27N3O2S/c1-18-9-3-5-11-20(18)25-23(28)17-30-22-15-27(21-12-6-4-10-19(21)22)16-24(29)26-13-7-2-8-14-26/h3-6,9-12,15H,2,7-8,13-14,16-17H2,1H3,(H,25,28).